The molecular weight excluding hydrogens is 288 g/mol. The third-order valence-corrected chi connectivity index (χ3v) is 7.20. The highest BCUT2D eigenvalue weighted by atomic mass is 32.2. The number of ether oxygens (including phenoxy) is 2. The first kappa shape index (κ1) is 13.2. The van der Waals surface area contributed by atoms with Gasteiger partial charge in [0, 0.05) is 0 Å². The fraction of sp³-hybridized carbons (Fsp3) is 0.500. The SMILES string of the molecule is O=S1(=O)C2C=C(c3ccc4c(c3)OCCO4)CC1CCC2. The fourth-order valence-corrected chi connectivity index (χ4v) is 5.76. The quantitative estimate of drug-likeness (QED) is 0.800. The summed E-state index contributed by atoms with van der Waals surface area (Å²) in [7, 11) is -2.96. The molecule has 1 fully saturated rings. The molecule has 1 aromatic carbocycles. The summed E-state index contributed by atoms with van der Waals surface area (Å²) in [4.78, 5) is 0. The Hall–Kier alpha value is -1.49. The molecule has 0 N–H and O–H groups in total. The van der Waals surface area contributed by atoms with Crippen molar-refractivity contribution in [3.05, 3.63) is 29.8 Å². The first-order valence-electron chi connectivity index (χ1n) is 7.48. The third kappa shape index (κ3) is 2.14. The van der Waals surface area contributed by atoms with Crippen LogP contribution in [0.25, 0.3) is 5.57 Å². The number of benzene rings is 1. The van der Waals surface area contributed by atoms with E-state index in [0.29, 0.717) is 19.6 Å². The van der Waals surface area contributed by atoms with Crippen molar-refractivity contribution in [1.29, 1.82) is 0 Å². The summed E-state index contributed by atoms with van der Waals surface area (Å²) in [5.41, 5.74) is 2.20. The average molecular weight is 306 g/mol. The van der Waals surface area contributed by atoms with Crippen molar-refractivity contribution in [3.8, 4) is 11.5 Å². The first-order valence-corrected chi connectivity index (χ1v) is 9.09. The van der Waals surface area contributed by atoms with E-state index in [0.717, 1.165) is 41.9 Å². The van der Waals surface area contributed by atoms with Crippen LogP contribution in [0.3, 0.4) is 0 Å². The molecule has 1 saturated heterocycles. The van der Waals surface area contributed by atoms with Crippen molar-refractivity contribution in [3.63, 3.8) is 0 Å². The zero-order valence-corrected chi connectivity index (χ0v) is 12.6. The molecule has 3 aliphatic heterocycles. The lowest BCUT2D eigenvalue weighted by Gasteiger charge is -2.33. The Balaban J connectivity index is 1.72. The number of fused-ring (bicyclic) bond motifs is 3. The summed E-state index contributed by atoms with van der Waals surface area (Å²) in [6, 6.07) is 5.91. The van der Waals surface area contributed by atoms with Gasteiger partial charge in [0.2, 0.25) is 0 Å². The summed E-state index contributed by atoms with van der Waals surface area (Å²) in [6.45, 7) is 1.15. The van der Waals surface area contributed by atoms with Crippen molar-refractivity contribution in [2.24, 2.45) is 0 Å². The smallest absolute Gasteiger partial charge is 0.161 e. The second-order valence-corrected chi connectivity index (χ2v) is 8.39. The van der Waals surface area contributed by atoms with Crippen LogP contribution >= 0.6 is 0 Å². The van der Waals surface area contributed by atoms with Gasteiger partial charge in [0.25, 0.3) is 0 Å². The van der Waals surface area contributed by atoms with Gasteiger partial charge in [-0.1, -0.05) is 18.6 Å². The van der Waals surface area contributed by atoms with Crippen LogP contribution in [0.1, 0.15) is 31.2 Å². The van der Waals surface area contributed by atoms with Crippen LogP contribution in [-0.4, -0.2) is 32.1 Å². The van der Waals surface area contributed by atoms with Gasteiger partial charge >= 0.3 is 0 Å². The van der Waals surface area contributed by atoms with Gasteiger partial charge in [0.1, 0.15) is 13.2 Å². The van der Waals surface area contributed by atoms with E-state index in [1.165, 1.54) is 0 Å². The highest BCUT2D eigenvalue weighted by Gasteiger charge is 2.40. The molecule has 2 unspecified atom stereocenters. The molecule has 0 radical (unpaired) electrons. The lowest BCUT2D eigenvalue weighted by atomic mass is 9.93. The van der Waals surface area contributed by atoms with Gasteiger partial charge in [-0.25, -0.2) is 8.42 Å². The maximum Gasteiger partial charge on any atom is 0.161 e. The van der Waals surface area contributed by atoms with Gasteiger partial charge in [0.05, 0.1) is 10.5 Å². The number of sulfone groups is 1. The molecule has 1 aromatic rings. The van der Waals surface area contributed by atoms with E-state index < -0.39 is 9.84 Å². The largest absolute Gasteiger partial charge is 0.486 e. The Bertz CT molecular complexity index is 705. The first-order chi connectivity index (χ1) is 10.1. The number of hydrogen-bond acceptors (Lipinski definition) is 4. The fourth-order valence-electron chi connectivity index (χ4n) is 3.51. The van der Waals surface area contributed by atoms with Crippen molar-refractivity contribution in [2.75, 3.05) is 13.2 Å². The van der Waals surface area contributed by atoms with Gasteiger partial charge in [-0.2, -0.15) is 0 Å². The van der Waals surface area contributed by atoms with E-state index in [9.17, 15) is 8.42 Å². The van der Waals surface area contributed by atoms with E-state index in [-0.39, 0.29) is 10.5 Å². The van der Waals surface area contributed by atoms with Gasteiger partial charge in [-0.05, 0) is 42.5 Å². The van der Waals surface area contributed by atoms with Crippen LogP contribution in [0.2, 0.25) is 0 Å². The molecule has 0 spiro atoms. The molecule has 0 saturated carbocycles. The van der Waals surface area contributed by atoms with Crippen LogP contribution in [-0.2, 0) is 9.84 Å². The summed E-state index contributed by atoms with van der Waals surface area (Å²) < 4.78 is 35.8. The molecule has 4 rings (SSSR count). The van der Waals surface area contributed by atoms with Gasteiger partial charge in [-0.3, -0.25) is 0 Å². The van der Waals surface area contributed by atoms with Crippen molar-refractivity contribution in [1.82, 2.24) is 0 Å². The predicted octanol–water partition coefficient (Wildman–Crippen LogP) is 2.58. The number of hydrogen-bond donors (Lipinski definition) is 0. The molecule has 21 heavy (non-hydrogen) atoms. The highest BCUT2D eigenvalue weighted by Crippen LogP contribution is 2.41. The highest BCUT2D eigenvalue weighted by molar-refractivity contribution is 7.93. The lowest BCUT2D eigenvalue weighted by Crippen LogP contribution is -2.38. The maximum atomic E-state index is 12.3. The molecule has 0 aliphatic carbocycles. The van der Waals surface area contributed by atoms with Crippen LogP contribution < -0.4 is 9.47 Å². The Labute approximate surface area is 124 Å². The molecule has 2 atom stereocenters. The Kier molecular flexibility index (Phi) is 2.99. The summed E-state index contributed by atoms with van der Waals surface area (Å²) in [5, 5.41) is -0.502. The zero-order chi connectivity index (χ0) is 14.4. The molecule has 5 heteroatoms. The van der Waals surface area contributed by atoms with Crippen LogP contribution in [0.4, 0.5) is 0 Å². The second-order valence-electron chi connectivity index (χ2n) is 5.93. The standard InChI is InChI=1S/C16H18O4S/c17-21(18)13-2-1-3-14(21)9-12(8-13)11-4-5-15-16(10-11)20-7-6-19-15/h4-5,8,10,13-14H,1-3,6-7,9H2. The monoisotopic (exact) mass is 306 g/mol. The van der Waals surface area contributed by atoms with Crippen molar-refractivity contribution >= 4 is 15.4 Å². The molecule has 3 aliphatic rings. The number of rotatable bonds is 1. The molecule has 0 amide bonds. The zero-order valence-electron chi connectivity index (χ0n) is 11.7. The van der Waals surface area contributed by atoms with Crippen LogP contribution in [0.15, 0.2) is 24.3 Å². The summed E-state index contributed by atoms with van der Waals surface area (Å²) in [5.74, 6) is 1.53. The maximum absolute atomic E-state index is 12.3. The Morgan fingerprint density at radius 3 is 2.67 bits per heavy atom. The molecule has 2 bridgehead atoms. The van der Waals surface area contributed by atoms with E-state index in [1.807, 2.05) is 24.3 Å². The van der Waals surface area contributed by atoms with E-state index in [4.69, 9.17) is 9.47 Å². The molecule has 4 nitrogen and oxygen atoms in total. The van der Waals surface area contributed by atoms with E-state index >= 15 is 0 Å². The van der Waals surface area contributed by atoms with Gasteiger partial charge in [-0.15, -0.1) is 0 Å². The minimum atomic E-state index is -2.96. The van der Waals surface area contributed by atoms with Gasteiger partial charge in [0.15, 0.2) is 21.3 Å². The van der Waals surface area contributed by atoms with Gasteiger partial charge < -0.3 is 9.47 Å². The molecule has 112 valence electrons. The molecule has 0 aromatic heterocycles. The second kappa shape index (κ2) is 4.77. The molecule has 3 heterocycles. The van der Waals surface area contributed by atoms with Crippen LogP contribution in [0, 0.1) is 0 Å². The van der Waals surface area contributed by atoms with Crippen molar-refractivity contribution in [2.45, 2.75) is 36.2 Å². The predicted molar refractivity (Wildman–Crippen MR) is 80.4 cm³/mol. The van der Waals surface area contributed by atoms with E-state index in [2.05, 4.69) is 0 Å². The third-order valence-electron chi connectivity index (χ3n) is 4.65. The van der Waals surface area contributed by atoms with E-state index in [1.54, 1.807) is 0 Å². The summed E-state index contributed by atoms with van der Waals surface area (Å²) in [6.07, 6.45) is 5.14. The topological polar surface area (TPSA) is 52.6 Å². The minimum absolute atomic E-state index is 0.204. The number of allylic oxidation sites excluding steroid dienone is 1. The lowest BCUT2D eigenvalue weighted by molar-refractivity contribution is 0.171. The van der Waals surface area contributed by atoms with Crippen molar-refractivity contribution < 1.29 is 17.9 Å². The normalized spacial score (nSPS) is 29.6. The Morgan fingerprint density at radius 1 is 1.05 bits per heavy atom. The minimum Gasteiger partial charge on any atom is -0.486 e. The average Bonchev–Trinajstić information content (AvgIpc) is 2.45. The Morgan fingerprint density at radius 2 is 1.86 bits per heavy atom. The summed E-state index contributed by atoms with van der Waals surface area (Å²) >= 11 is 0. The van der Waals surface area contributed by atoms with Crippen LogP contribution in [0.5, 0.6) is 11.5 Å². The molecular formula is C16H18O4S.